The topological polar surface area (TPSA) is 59.0 Å². The highest BCUT2D eigenvalue weighted by Gasteiger charge is 2.26. The zero-order valence-electron chi connectivity index (χ0n) is 17.1. The van der Waals surface area contributed by atoms with Crippen molar-refractivity contribution < 1.29 is 26.7 Å². The van der Waals surface area contributed by atoms with Gasteiger partial charge < -0.3 is 10.6 Å². The fraction of sp³-hybridized carbons (Fsp3) is 0.190. The van der Waals surface area contributed by atoms with E-state index in [-0.39, 0.29) is 10.9 Å². The lowest BCUT2D eigenvalue weighted by Gasteiger charge is -2.12. The molecule has 168 valence electrons. The molecule has 11 heteroatoms. The van der Waals surface area contributed by atoms with E-state index in [0.29, 0.717) is 28.3 Å². The number of thiocarbonyl (C=S) groups is 1. The second kappa shape index (κ2) is 9.03. The van der Waals surface area contributed by atoms with Crippen molar-refractivity contribution in [2.24, 2.45) is 0 Å². The summed E-state index contributed by atoms with van der Waals surface area (Å²) in [7, 11) is 0. The Morgan fingerprint density at radius 1 is 0.938 bits per heavy atom. The van der Waals surface area contributed by atoms with E-state index in [9.17, 15) is 26.7 Å². The van der Waals surface area contributed by atoms with Gasteiger partial charge in [-0.15, -0.1) is 0 Å². The zero-order chi connectivity index (χ0) is 23.7. The van der Waals surface area contributed by atoms with E-state index in [1.54, 1.807) is 38.1 Å². The van der Waals surface area contributed by atoms with E-state index in [2.05, 4.69) is 15.7 Å². The molecule has 0 aliphatic heterocycles. The smallest absolute Gasteiger partial charge is 0.200 e. The molecule has 1 heterocycles. The Labute approximate surface area is 185 Å². The Hall–Kier alpha value is -3.34. The maximum Gasteiger partial charge on any atom is 0.200 e. The van der Waals surface area contributed by atoms with Crippen molar-refractivity contribution in [3.63, 3.8) is 0 Å². The van der Waals surface area contributed by atoms with Crippen molar-refractivity contribution in [3.05, 3.63) is 75.9 Å². The second-order valence-electron chi connectivity index (χ2n) is 6.96. The van der Waals surface area contributed by atoms with Crippen LogP contribution in [0.15, 0.2) is 24.3 Å². The van der Waals surface area contributed by atoms with Crippen molar-refractivity contribution in [1.29, 1.82) is 0 Å². The molecule has 32 heavy (non-hydrogen) atoms. The van der Waals surface area contributed by atoms with Crippen LogP contribution in [0.2, 0.25) is 0 Å². The summed E-state index contributed by atoms with van der Waals surface area (Å²) in [4.78, 5) is 11.3. The number of hydrogen-bond acceptors (Lipinski definition) is 3. The number of carbonyl (C=O) groups is 1. The third kappa shape index (κ3) is 4.47. The van der Waals surface area contributed by atoms with Crippen LogP contribution < -0.4 is 10.6 Å². The number of carbonyl (C=O) groups excluding carboxylic acids is 1. The van der Waals surface area contributed by atoms with Gasteiger partial charge in [0.1, 0.15) is 0 Å². The number of Topliss-reactive ketones (excluding diaryl/α,β-unsaturated/α-hetero) is 1. The van der Waals surface area contributed by atoms with Crippen LogP contribution in [-0.2, 0) is 6.54 Å². The third-order valence-corrected chi connectivity index (χ3v) is 4.98. The van der Waals surface area contributed by atoms with Crippen LogP contribution in [0.25, 0.3) is 0 Å². The Morgan fingerprint density at radius 3 is 2.00 bits per heavy atom. The molecule has 0 saturated heterocycles. The second-order valence-corrected chi connectivity index (χ2v) is 7.37. The summed E-state index contributed by atoms with van der Waals surface area (Å²) in [6, 6.07) is 6.59. The standard InChI is InChI=1S/C21H17F5N4OS/c1-9-20(28-21(32)27-13-6-4-12(5-7-13)11(3)31)10(2)30(29-9)8-14-15(22)17(24)19(26)18(25)16(14)23/h4-7H,8H2,1-3H3,(H2,27,28,32). The molecule has 0 atom stereocenters. The number of aromatic nitrogens is 2. The summed E-state index contributed by atoms with van der Waals surface area (Å²) < 4.78 is 69.4. The minimum atomic E-state index is -2.22. The van der Waals surface area contributed by atoms with Gasteiger partial charge in [0.25, 0.3) is 0 Å². The van der Waals surface area contributed by atoms with Crippen LogP contribution in [-0.4, -0.2) is 20.7 Å². The maximum atomic E-state index is 14.0. The molecule has 2 aromatic carbocycles. The molecule has 0 aliphatic carbocycles. The molecule has 0 spiro atoms. The first-order valence-electron chi connectivity index (χ1n) is 9.24. The minimum Gasteiger partial charge on any atom is -0.332 e. The summed E-state index contributed by atoms with van der Waals surface area (Å²) in [6.45, 7) is 3.92. The van der Waals surface area contributed by atoms with Gasteiger partial charge in [0.15, 0.2) is 34.2 Å². The average molecular weight is 468 g/mol. The van der Waals surface area contributed by atoms with Crippen molar-refractivity contribution in [2.75, 3.05) is 10.6 Å². The predicted octanol–water partition coefficient (Wildman–Crippen LogP) is 5.26. The molecule has 0 amide bonds. The largest absolute Gasteiger partial charge is 0.332 e. The number of rotatable bonds is 5. The molecule has 3 aromatic rings. The lowest BCUT2D eigenvalue weighted by Crippen LogP contribution is -2.20. The number of hydrogen-bond donors (Lipinski definition) is 2. The van der Waals surface area contributed by atoms with Gasteiger partial charge in [-0.2, -0.15) is 5.10 Å². The van der Waals surface area contributed by atoms with Crippen LogP contribution in [0.1, 0.15) is 34.2 Å². The summed E-state index contributed by atoms with van der Waals surface area (Å²) >= 11 is 5.26. The normalized spacial score (nSPS) is 10.9. The molecular weight excluding hydrogens is 451 g/mol. The monoisotopic (exact) mass is 468 g/mol. The van der Waals surface area contributed by atoms with Crippen molar-refractivity contribution in [2.45, 2.75) is 27.3 Å². The Kier molecular flexibility index (Phi) is 6.58. The van der Waals surface area contributed by atoms with Gasteiger partial charge in [-0.05, 0) is 57.3 Å². The van der Waals surface area contributed by atoms with Gasteiger partial charge in [-0.3, -0.25) is 9.48 Å². The van der Waals surface area contributed by atoms with E-state index < -0.39 is 41.2 Å². The highest BCUT2D eigenvalue weighted by molar-refractivity contribution is 7.80. The SMILES string of the molecule is CC(=O)c1ccc(NC(=S)Nc2c(C)nn(Cc3c(F)c(F)c(F)c(F)c3F)c2C)cc1. The number of nitrogens with zero attached hydrogens (tertiary/aromatic N) is 2. The average Bonchev–Trinajstić information content (AvgIpc) is 3.01. The fourth-order valence-electron chi connectivity index (χ4n) is 3.03. The first-order valence-corrected chi connectivity index (χ1v) is 9.65. The van der Waals surface area contributed by atoms with Crippen molar-refractivity contribution in [1.82, 2.24) is 9.78 Å². The van der Waals surface area contributed by atoms with Crippen molar-refractivity contribution in [3.8, 4) is 0 Å². The lowest BCUT2D eigenvalue weighted by atomic mass is 10.1. The Morgan fingerprint density at radius 2 is 1.47 bits per heavy atom. The summed E-state index contributed by atoms with van der Waals surface area (Å²) in [6.07, 6.45) is 0. The number of anilines is 2. The zero-order valence-corrected chi connectivity index (χ0v) is 17.9. The van der Waals surface area contributed by atoms with E-state index in [1.165, 1.54) is 6.92 Å². The van der Waals surface area contributed by atoms with Gasteiger partial charge in [0, 0.05) is 11.3 Å². The summed E-state index contributed by atoms with van der Waals surface area (Å²) in [5, 5.41) is 10.1. The fourth-order valence-corrected chi connectivity index (χ4v) is 3.25. The van der Waals surface area contributed by atoms with E-state index in [0.717, 1.165) is 4.68 Å². The molecule has 0 bridgehead atoms. The van der Waals surface area contributed by atoms with E-state index >= 15 is 0 Å². The minimum absolute atomic E-state index is 0.0790. The van der Waals surface area contributed by atoms with Gasteiger partial charge in [0.2, 0.25) is 5.82 Å². The molecule has 1 aromatic heterocycles. The number of nitrogens with one attached hydrogen (secondary N) is 2. The molecule has 0 radical (unpaired) electrons. The van der Waals surface area contributed by atoms with E-state index in [4.69, 9.17) is 12.2 Å². The maximum absolute atomic E-state index is 14.0. The number of ketones is 1. The molecule has 0 fully saturated rings. The molecule has 0 aliphatic rings. The molecule has 0 saturated carbocycles. The Balaban J connectivity index is 1.81. The first-order chi connectivity index (χ1) is 15.0. The van der Waals surface area contributed by atoms with Crippen LogP contribution >= 0.6 is 12.2 Å². The number of aryl methyl sites for hydroxylation is 1. The Bertz CT molecular complexity index is 1200. The highest BCUT2D eigenvalue weighted by Crippen LogP contribution is 2.26. The molecule has 5 nitrogen and oxygen atoms in total. The highest BCUT2D eigenvalue weighted by atomic mass is 32.1. The van der Waals surface area contributed by atoms with Gasteiger partial charge in [-0.1, -0.05) is 0 Å². The number of benzene rings is 2. The summed E-state index contributed by atoms with van der Waals surface area (Å²) in [5.41, 5.74) is 1.31. The molecule has 0 unspecified atom stereocenters. The predicted molar refractivity (Wildman–Crippen MR) is 113 cm³/mol. The molecule has 2 N–H and O–H groups in total. The molecular formula is C21H17F5N4OS. The summed E-state index contributed by atoms with van der Waals surface area (Å²) in [5.74, 6) is -10.1. The van der Waals surface area contributed by atoms with Gasteiger partial charge in [-0.25, -0.2) is 22.0 Å². The van der Waals surface area contributed by atoms with Crippen LogP contribution in [0.5, 0.6) is 0 Å². The van der Waals surface area contributed by atoms with Crippen LogP contribution in [0.4, 0.5) is 33.3 Å². The van der Waals surface area contributed by atoms with E-state index in [1.807, 2.05) is 0 Å². The van der Waals surface area contributed by atoms with Gasteiger partial charge >= 0.3 is 0 Å². The molecule has 3 rings (SSSR count). The quantitative estimate of drug-likeness (QED) is 0.176. The number of halogens is 5. The first kappa shape index (κ1) is 23.3. The van der Waals surface area contributed by atoms with Gasteiger partial charge in [0.05, 0.1) is 29.2 Å². The lowest BCUT2D eigenvalue weighted by molar-refractivity contribution is 0.101. The van der Waals surface area contributed by atoms with Crippen LogP contribution in [0, 0.1) is 42.9 Å². The van der Waals surface area contributed by atoms with Crippen LogP contribution in [0.3, 0.4) is 0 Å². The third-order valence-electron chi connectivity index (χ3n) is 4.78. The van der Waals surface area contributed by atoms with Crippen molar-refractivity contribution >= 4 is 34.5 Å².